The zero-order valence-electron chi connectivity index (χ0n) is 18.4. The molecule has 32 heavy (non-hydrogen) atoms. The number of rotatable bonds is 8. The maximum absolute atomic E-state index is 13.7. The van der Waals surface area contributed by atoms with Crippen molar-refractivity contribution in [2.45, 2.75) is 38.7 Å². The molecule has 0 radical (unpaired) electrons. The van der Waals surface area contributed by atoms with Crippen molar-refractivity contribution in [2.24, 2.45) is 0 Å². The van der Waals surface area contributed by atoms with E-state index in [1.165, 1.54) is 0 Å². The maximum atomic E-state index is 13.7. The van der Waals surface area contributed by atoms with Crippen molar-refractivity contribution in [3.8, 4) is 0 Å². The van der Waals surface area contributed by atoms with Crippen LogP contribution in [0.5, 0.6) is 0 Å². The summed E-state index contributed by atoms with van der Waals surface area (Å²) in [6.45, 7) is 4.03. The number of aromatic nitrogens is 1. The van der Waals surface area contributed by atoms with E-state index in [1.807, 2.05) is 85.8 Å². The first-order chi connectivity index (χ1) is 15.6. The number of esters is 1. The Morgan fingerprint density at radius 2 is 1.50 bits per heavy atom. The van der Waals surface area contributed by atoms with Gasteiger partial charge in [-0.3, -0.25) is 9.59 Å². The van der Waals surface area contributed by atoms with E-state index in [2.05, 4.69) is 11.9 Å². The number of nitrogens with one attached hydrogen (secondary N) is 1. The van der Waals surface area contributed by atoms with E-state index >= 15 is 0 Å². The molecule has 1 N–H and O–H groups in total. The Morgan fingerprint density at radius 3 is 2.12 bits per heavy atom. The standard InChI is InChI=1S/C28H27NO3/c1-3-19-16-11-17-23-24(18-29-25(19)23)26(30)27(21-14-9-6-10-15-21)32-28(31)22(4-2)20-12-7-5-8-13-20/h5-18,22,27,29H,3-4H2,1-2H3/t22-,27+/m0/s1. The normalized spacial score (nSPS) is 12.9. The van der Waals surface area contributed by atoms with Crippen LogP contribution in [0.1, 0.15) is 59.3 Å². The Labute approximate surface area is 188 Å². The molecule has 3 aromatic carbocycles. The van der Waals surface area contributed by atoms with Gasteiger partial charge in [0.2, 0.25) is 5.78 Å². The van der Waals surface area contributed by atoms with Gasteiger partial charge in [-0.2, -0.15) is 0 Å². The second kappa shape index (κ2) is 9.65. The van der Waals surface area contributed by atoms with Gasteiger partial charge in [0.15, 0.2) is 6.10 Å². The fraction of sp³-hybridized carbons (Fsp3) is 0.214. The van der Waals surface area contributed by atoms with Crippen LogP contribution >= 0.6 is 0 Å². The van der Waals surface area contributed by atoms with Crippen LogP contribution in [-0.4, -0.2) is 16.7 Å². The van der Waals surface area contributed by atoms with Crippen LogP contribution in [0.2, 0.25) is 0 Å². The Kier molecular flexibility index (Phi) is 6.50. The number of para-hydroxylation sites is 1. The number of aryl methyl sites for hydroxylation is 1. The van der Waals surface area contributed by atoms with Gasteiger partial charge in [-0.15, -0.1) is 0 Å². The molecule has 0 amide bonds. The summed E-state index contributed by atoms with van der Waals surface area (Å²) in [5.74, 6) is -1.05. The predicted octanol–water partition coefficient (Wildman–Crippen LogP) is 6.39. The van der Waals surface area contributed by atoms with Crippen LogP contribution in [0, 0.1) is 0 Å². The number of aromatic amines is 1. The second-order valence-corrected chi connectivity index (χ2v) is 7.86. The zero-order valence-corrected chi connectivity index (χ0v) is 18.4. The molecule has 2 atom stereocenters. The summed E-state index contributed by atoms with van der Waals surface area (Å²) in [6.07, 6.45) is 2.17. The number of carbonyl (C=O) groups is 2. The molecule has 4 nitrogen and oxygen atoms in total. The van der Waals surface area contributed by atoms with E-state index < -0.39 is 18.0 Å². The van der Waals surface area contributed by atoms with Crippen molar-refractivity contribution in [2.75, 3.05) is 0 Å². The van der Waals surface area contributed by atoms with Gasteiger partial charge in [0.05, 0.1) is 5.92 Å². The van der Waals surface area contributed by atoms with E-state index in [-0.39, 0.29) is 5.78 Å². The highest BCUT2D eigenvalue weighted by Crippen LogP contribution is 2.31. The molecular weight excluding hydrogens is 398 g/mol. The van der Waals surface area contributed by atoms with Gasteiger partial charge in [0.1, 0.15) is 0 Å². The fourth-order valence-electron chi connectivity index (χ4n) is 4.18. The SMILES string of the molecule is CCc1cccc2c(C(=O)[C@H](OC(=O)[C@@H](CC)c3ccccc3)c3ccccc3)c[nH]c12. The number of fused-ring (bicyclic) bond motifs is 1. The van der Waals surface area contributed by atoms with E-state index in [0.29, 0.717) is 17.5 Å². The minimum absolute atomic E-state index is 0.230. The van der Waals surface area contributed by atoms with Crippen LogP contribution in [0.15, 0.2) is 85.1 Å². The van der Waals surface area contributed by atoms with E-state index in [1.54, 1.807) is 6.20 Å². The number of H-pyrrole nitrogens is 1. The highest BCUT2D eigenvalue weighted by molar-refractivity contribution is 6.11. The molecule has 0 unspecified atom stereocenters. The number of ether oxygens (including phenoxy) is 1. The third kappa shape index (κ3) is 4.22. The van der Waals surface area contributed by atoms with Crippen molar-refractivity contribution in [1.29, 1.82) is 0 Å². The average Bonchev–Trinajstić information content (AvgIpc) is 3.28. The lowest BCUT2D eigenvalue weighted by molar-refractivity contribution is -0.149. The number of Topliss-reactive ketones (excluding diaryl/α,β-unsaturated/α-hetero) is 1. The number of carbonyl (C=O) groups excluding carboxylic acids is 2. The molecule has 4 rings (SSSR count). The molecule has 0 aliphatic rings. The Hall–Kier alpha value is -3.66. The van der Waals surface area contributed by atoms with Gasteiger partial charge in [-0.1, -0.05) is 92.7 Å². The van der Waals surface area contributed by atoms with Gasteiger partial charge in [0.25, 0.3) is 0 Å². The van der Waals surface area contributed by atoms with Crippen molar-refractivity contribution in [3.05, 3.63) is 107 Å². The fourth-order valence-corrected chi connectivity index (χ4v) is 4.18. The maximum Gasteiger partial charge on any atom is 0.314 e. The van der Waals surface area contributed by atoms with Crippen LogP contribution < -0.4 is 0 Å². The summed E-state index contributed by atoms with van der Waals surface area (Å²) >= 11 is 0. The average molecular weight is 426 g/mol. The van der Waals surface area contributed by atoms with Gasteiger partial charge < -0.3 is 9.72 Å². The predicted molar refractivity (Wildman–Crippen MR) is 127 cm³/mol. The van der Waals surface area contributed by atoms with Crippen molar-refractivity contribution in [1.82, 2.24) is 4.98 Å². The molecule has 0 fully saturated rings. The molecule has 1 aromatic heterocycles. The van der Waals surface area contributed by atoms with Crippen LogP contribution in [0.3, 0.4) is 0 Å². The molecule has 0 aliphatic carbocycles. The molecule has 4 aromatic rings. The number of hydrogen-bond donors (Lipinski definition) is 1. The van der Waals surface area contributed by atoms with Gasteiger partial charge in [0, 0.05) is 28.2 Å². The largest absolute Gasteiger partial charge is 0.449 e. The van der Waals surface area contributed by atoms with Crippen molar-refractivity contribution in [3.63, 3.8) is 0 Å². The molecule has 162 valence electrons. The molecule has 0 spiro atoms. The monoisotopic (exact) mass is 425 g/mol. The second-order valence-electron chi connectivity index (χ2n) is 7.86. The minimum atomic E-state index is -1.01. The summed E-state index contributed by atoms with van der Waals surface area (Å²) in [5.41, 5.74) is 4.18. The molecule has 0 saturated carbocycles. The summed E-state index contributed by atoms with van der Waals surface area (Å²) in [5, 5.41) is 0.849. The lowest BCUT2D eigenvalue weighted by Crippen LogP contribution is -2.24. The lowest BCUT2D eigenvalue weighted by Gasteiger charge is -2.21. The summed E-state index contributed by atoms with van der Waals surface area (Å²) in [7, 11) is 0. The minimum Gasteiger partial charge on any atom is -0.449 e. The zero-order chi connectivity index (χ0) is 22.5. The first-order valence-corrected chi connectivity index (χ1v) is 11.1. The summed E-state index contributed by atoms with van der Waals surface area (Å²) in [6, 6.07) is 24.7. The van der Waals surface area contributed by atoms with Crippen LogP contribution in [-0.2, 0) is 16.0 Å². The van der Waals surface area contributed by atoms with Crippen LogP contribution in [0.4, 0.5) is 0 Å². The third-order valence-corrected chi connectivity index (χ3v) is 5.92. The van der Waals surface area contributed by atoms with E-state index in [0.717, 1.165) is 28.5 Å². The third-order valence-electron chi connectivity index (χ3n) is 5.92. The van der Waals surface area contributed by atoms with E-state index in [9.17, 15) is 9.59 Å². The van der Waals surface area contributed by atoms with Crippen LogP contribution in [0.25, 0.3) is 10.9 Å². The van der Waals surface area contributed by atoms with Gasteiger partial charge >= 0.3 is 5.97 Å². The molecule has 0 bridgehead atoms. The summed E-state index contributed by atoms with van der Waals surface area (Å²) in [4.78, 5) is 30.2. The first kappa shape index (κ1) is 21.6. The molecule has 0 aliphatic heterocycles. The Morgan fingerprint density at radius 1 is 0.844 bits per heavy atom. The van der Waals surface area contributed by atoms with Crippen molar-refractivity contribution < 1.29 is 14.3 Å². The highest BCUT2D eigenvalue weighted by Gasteiger charge is 2.31. The lowest BCUT2D eigenvalue weighted by atomic mass is 9.95. The number of benzene rings is 3. The topological polar surface area (TPSA) is 59.2 Å². The molecule has 1 heterocycles. The molecule has 4 heteroatoms. The number of hydrogen-bond acceptors (Lipinski definition) is 3. The van der Waals surface area contributed by atoms with Gasteiger partial charge in [-0.25, -0.2) is 0 Å². The molecular formula is C28H27NO3. The number of ketones is 1. The van der Waals surface area contributed by atoms with E-state index in [4.69, 9.17) is 4.74 Å². The van der Waals surface area contributed by atoms with Crippen molar-refractivity contribution >= 4 is 22.7 Å². The quantitative estimate of drug-likeness (QED) is 0.263. The smallest absolute Gasteiger partial charge is 0.314 e. The Balaban J connectivity index is 1.71. The first-order valence-electron chi connectivity index (χ1n) is 11.1. The van der Waals surface area contributed by atoms with Gasteiger partial charge in [-0.05, 0) is 24.0 Å². The molecule has 0 saturated heterocycles. The Bertz CT molecular complexity index is 1210. The highest BCUT2D eigenvalue weighted by atomic mass is 16.5. The summed E-state index contributed by atoms with van der Waals surface area (Å²) < 4.78 is 5.93.